The lowest BCUT2D eigenvalue weighted by atomic mass is 10.2. The lowest BCUT2D eigenvalue weighted by Gasteiger charge is -2.11. The summed E-state index contributed by atoms with van der Waals surface area (Å²) < 4.78 is 32.2. The van der Waals surface area contributed by atoms with Crippen molar-refractivity contribution in [2.45, 2.75) is 5.88 Å². The van der Waals surface area contributed by atoms with Crippen LogP contribution in [0.25, 0.3) is 10.9 Å². The Morgan fingerprint density at radius 2 is 1.81 bits per heavy atom. The maximum atomic E-state index is 13.7. The number of rotatable bonds is 3. The second-order valence-electron chi connectivity index (χ2n) is 4.44. The first-order valence-corrected chi connectivity index (χ1v) is 6.78. The van der Waals surface area contributed by atoms with Crippen LogP contribution in [0.5, 0.6) is 11.5 Å². The number of alkyl halides is 1. The highest BCUT2D eigenvalue weighted by Crippen LogP contribution is 2.31. The number of fused-ring (bicyclic) bond motifs is 1. The Hall–Kier alpha value is -2.20. The van der Waals surface area contributed by atoms with E-state index in [4.69, 9.17) is 16.3 Å². The molecular formula is C16H10ClF2NO. The summed E-state index contributed by atoms with van der Waals surface area (Å²) >= 11 is 5.81. The molecule has 0 bridgehead atoms. The number of halogens is 3. The topological polar surface area (TPSA) is 22.1 Å². The van der Waals surface area contributed by atoms with E-state index in [1.165, 1.54) is 6.07 Å². The van der Waals surface area contributed by atoms with Crippen molar-refractivity contribution in [3.63, 3.8) is 0 Å². The van der Waals surface area contributed by atoms with Crippen LogP contribution in [0, 0.1) is 11.6 Å². The molecule has 106 valence electrons. The molecule has 0 aliphatic heterocycles. The summed E-state index contributed by atoms with van der Waals surface area (Å²) in [6.45, 7) is 0. The molecule has 0 saturated carbocycles. The second kappa shape index (κ2) is 5.66. The normalized spacial score (nSPS) is 10.8. The molecule has 0 radical (unpaired) electrons. The molecule has 0 atom stereocenters. The molecule has 3 aromatic rings. The Balaban J connectivity index is 2.10. The number of hydrogen-bond donors (Lipinski definition) is 0. The zero-order valence-electron chi connectivity index (χ0n) is 10.8. The van der Waals surface area contributed by atoms with Gasteiger partial charge in [-0.05, 0) is 24.3 Å². The minimum absolute atomic E-state index is 0.0479. The van der Waals surface area contributed by atoms with E-state index in [0.29, 0.717) is 17.0 Å². The number of hydrogen-bond acceptors (Lipinski definition) is 2. The molecule has 1 aromatic heterocycles. The van der Waals surface area contributed by atoms with Crippen LogP contribution < -0.4 is 4.74 Å². The van der Waals surface area contributed by atoms with E-state index < -0.39 is 11.6 Å². The fourth-order valence-electron chi connectivity index (χ4n) is 2.02. The van der Waals surface area contributed by atoms with Crippen molar-refractivity contribution in [3.8, 4) is 11.5 Å². The van der Waals surface area contributed by atoms with Gasteiger partial charge >= 0.3 is 0 Å². The van der Waals surface area contributed by atoms with Crippen LogP contribution in [-0.2, 0) is 5.88 Å². The monoisotopic (exact) mass is 305 g/mol. The zero-order chi connectivity index (χ0) is 14.8. The van der Waals surface area contributed by atoms with E-state index in [1.54, 1.807) is 6.07 Å². The minimum atomic E-state index is -0.761. The SMILES string of the molecule is Fc1ccc(Oc2cc(CCl)nc3ccccc23)c(F)c1. The van der Waals surface area contributed by atoms with E-state index in [1.807, 2.05) is 24.3 Å². The Morgan fingerprint density at radius 1 is 1.00 bits per heavy atom. The van der Waals surface area contributed by atoms with Crippen LogP contribution in [0.1, 0.15) is 5.69 Å². The minimum Gasteiger partial charge on any atom is -0.454 e. The molecule has 2 aromatic carbocycles. The summed E-state index contributed by atoms with van der Waals surface area (Å²) in [5.41, 5.74) is 1.32. The van der Waals surface area contributed by atoms with E-state index >= 15 is 0 Å². The van der Waals surface area contributed by atoms with Gasteiger partial charge in [-0.15, -0.1) is 11.6 Å². The highest BCUT2D eigenvalue weighted by molar-refractivity contribution is 6.17. The molecule has 5 heteroatoms. The first-order valence-electron chi connectivity index (χ1n) is 6.25. The highest BCUT2D eigenvalue weighted by atomic mass is 35.5. The molecule has 0 N–H and O–H groups in total. The molecule has 0 amide bonds. The van der Waals surface area contributed by atoms with Gasteiger partial charge in [-0.1, -0.05) is 12.1 Å². The molecule has 0 spiro atoms. The number of nitrogens with zero attached hydrogens (tertiary/aromatic N) is 1. The van der Waals surface area contributed by atoms with Crippen molar-refractivity contribution < 1.29 is 13.5 Å². The van der Waals surface area contributed by atoms with Crippen molar-refractivity contribution in [2.75, 3.05) is 0 Å². The van der Waals surface area contributed by atoms with Crippen LogP contribution >= 0.6 is 11.6 Å². The molecule has 1 heterocycles. The smallest absolute Gasteiger partial charge is 0.168 e. The Morgan fingerprint density at radius 3 is 2.57 bits per heavy atom. The number of benzene rings is 2. The Bertz CT molecular complexity index is 807. The zero-order valence-corrected chi connectivity index (χ0v) is 11.6. The molecule has 3 rings (SSSR count). The van der Waals surface area contributed by atoms with Crippen LogP contribution in [0.4, 0.5) is 8.78 Å². The maximum Gasteiger partial charge on any atom is 0.168 e. The van der Waals surface area contributed by atoms with Crippen molar-refractivity contribution in [1.82, 2.24) is 4.98 Å². The van der Waals surface area contributed by atoms with Crippen LogP contribution in [0.3, 0.4) is 0 Å². The first kappa shape index (κ1) is 13.8. The molecule has 0 unspecified atom stereocenters. The van der Waals surface area contributed by atoms with Gasteiger partial charge in [0.2, 0.25) is 0 Å². The number of aromatic nitrogens is 1. The molecule has 21 heavy (non-hydrogen) atoms. The molecule has 0 aliphatic carbocycles. The Kier molecular flexibility index (Phi) is 3.71. The largest absolute Gasteiger partial charge is 0.454 e. The van der Waals surface area contributed by atoms with Gasteiger partial charge in [-0.2, -0.15) is 0 Å². The van der Waals surface area contributed by atoms with E-state index in [-0.39, 0.29) is 11.6 Å². The summed E-state index contributed by atoms with van der Waals surface area (Å²) in [5, 5.41) is 0.732. The third-order valence-corrected chi connectivity index (χ3v) is 3.26. The predicted octanol–water partition coefficient (Wildman–Crippen LogP) is 5.04. The standard InChI is InChI=1S/C16H10ClF2NO/c17-9-11-8-16(12-3-1-2-4-14(12)20-11)21-15-6-5-10(18)7-13(15)19/h1-8H,9H2. The van der Waals surface area contributed by atoms with Gasteiger partial charge in [-0.3, -0.25) is 4.98 Å². The van der Waals surface area contributed by atoms with Crippen molar-refractivity contribution in [1.29, 1.82) is 0 Å². The number of para-hydroxylation sites is 1. The predicted molar refractivity (Wildman–Crippen MR) is 77.7 cm³/mol. The van der Waals surface area contributed by atoms with Crippen molar-refractivity contribution >= 4 is 22.5 Å². The summed E-state index contributed by atoms with van der Waals surface area (Å²) in [4.78, 5) is 4.37. The van der Waals surface area contributed by atoms with Crippen molar-refractivity contribution in [2.24, 2.45) is 0 Å². The summed E-state index contributed by atoms with van der Waals surface area (Å²) in [5.74, 6) is -0.813. The van der Waals surface area contributed by atoms with Crippen LogP contribution in [-0.4, -0.2) is 4.98 Å². The van der Waals surface area contributed by atoms with Gasteiger partial charge in [0, 0.05) is 17.5 Å². The van der Waals surface area contributed by atoms with Gasteiger partial charge < -0.3 is 4.74 Å². The van der Waals surface area contributed by atoms with E-state index in [2.05, 4.69) is 4.98 Å². The number of ether oxygens (including phenoxy) is 1. The second-order valence-corrected chi connectivity index (χ2v) is 4.71. The Labute approximate surface area is 125 Å². The van der Waals surface area contributed by atoms with Gasteiger partial charge in [0.25, 0.3) is 0 Å². The fraction of sp³-hybridized carbons (Fsp3) is 0.0625. The third-order valence-electron chi connectivity index (χ3n) is 2.98. The fourth-order valence-corrected chi connectivity index (χ4v) is 2.16. The highest BCUT2D eigenvalue weighted by Gasteiger charge is 2.11. The third kappa shape index (κ3) is 2.81. The van der Waals surface area contributed by atoms with Gasteiger partial charge in [0.15, 0.2) is 11.6 Å². The first-order chi connectivity index (χ1) is 10.2. The van der Waals surface area contributed by atoms with Gasteiger partial charge in [-0.25, -0.2) is 8.78 Å². The average molecular weight is 306 g/mol. The molecule has 0 saturated heterocycles. The van der Waals surface area contributed by atoms with Crippen LogP contribution in [0.2, 0.25) is 0 Å². The quantitative estimate of drug-likeness (QED) is 0.632. The molecular weight excluding hydrogens is 296 g/mol. The molecule has 0 aliphatic rings. The summed E-state index contributed by atoms with van der Waals surface area (Å²) in [6.07, 6.45) is 0. The van der Waals surface area contributed by atoms with Crippen LogP contribution in [0.15, 0.2) is 48.5 Å². The summed E-state index contributed by atoms with van der Waals surface area (Å²) in [6, 6.07) is 12.1. The average Bonchev–Trinajstić information content (AvgIpc) is 2.49. The molecule has 2 nitrogen and oxygen atoms in total. The number of pyridine rings is 1. The van der Waals surface area contributed by atoms with E-state index in [9.17, 15) is 8.78 Å². The van der Waals surface area contributed by atoms with Gasteiger partial charge in [0.1, 0.15) is 11.6 Å². The van der Waals surface area contributed by atoms with E-state index in [0.717, 1.165) is 17.5 Å². The lowest BCUT2D eigenvalue weighted by Crippen LogP contribution is -1.94. The maximum absolute atomic E-state index is 13.7. The van der Waals surface area contributed by atoms with Gasteiger partial charge in [0.05, 0.1) is 17.1 Å². The lowest BCUT2D eigenvalue weighted by molar-refractivity contribution is 0.441. The molecule has 0 fully saturated rings. The summed E-state index contributed by atoms with van der Waals surface area (Å²) in [7, 11) is 0. The van der Waals surface area contributed by atoms with Crippen molar-refractivity contribution in [3.05, 3.63) is 65.9 Å².